The highest BCUT2D eigenvalue weighted by Gasteiger charge is 2.31. The molecule has 1 aliphatic rings. The molecule has 1 aromatic carbocycles. The van der Waals surface area contributed by atoms with E-state index in [9.17, 15) is 4.79 Å². The fraction of sp³-hybridized carbons (Fsp3) is 0.533. The number of fused-ring (bicyclic) bond motifs is 1. The summed E-state index contributed by atoms with van der Waals surface area (Å²) < 4.78 is 0. The topological polar surface area (TPSA) is 32.3 Å². The first-order valence-corrected chi connectivity index (χ1v) is 6.84. The van der Waals surface area contributed by atoms with Gasteiger partial charge in [-0.1, -0.05) is 38.1 Å². The van der Waals surface area contributed by atoms with Gasteiger partial charge < -0.3 is 10.2 Å². The van der Waals surface area contributed by atoms with Crippen molar-refractivity contribution in [2.75, 3.05) is 26.2 Å². The van der Waals surface area contributed by atoms with Gasteiger partial charge >= 0.3 is 0 Å². The molecule has 3 heteroatoms. The van der Waals surface area contributed by atoms with Crippen molar-refractivity contribution in [1.29, 1.82) is 0 Å². The lowest BCUT2D eigenvalue weighted by atomic mass is 9.77. The van der Waals surface area contributed by atoms with E-state index in [0.29, 0.717) is 0 Å². The molecule has 0 radical (unpaired) electrons. The van der Waals surface area contributed by atoms with Gasteiger partial charge in [0, 0.05) is 13.1 Å². The summed E-state index contributed by atoms with van der Waals surface area (Å²) in [4.78, 5) is 14.3. The zero-order valence-corrected chi connectivity index (χ0v) is 11.3. The molecule has 1 aromatic rings. The number of carbonyl (C=O) groups excluding carboxylic acids is 1. The van der Waals surface area contributed by atoms with E-state index < -0.39 is 0 Å². The number of nitrogens with one attached hydrogen (secondary N) is 1. The van der Waals surface area contributed by atoms with E-state index in [0.717, 1.165) is 32.6 Å². The molecule has 0 aromatic heterocycles. The Labute approximate surface area is 109 Å². The third-order valence-corrected chi connectivity index (χ3v) is 3.79. The number of hydrogen-bond donors (Lipinski definition) is 1. The average molecular weight is 246 g/mol. The van der Waals surface area contributed by atoms with Crippen LogP contribution < -0.4 is 5.32 Å². The van der Waals surface area contributed by atoms with Gasteiger partial charge in [0.05, 0.1) is 5.92 Å². The first kappa shape index (κ1) is 13.1. The fourth-order valence-corrected chi connectivity index (χ4v) is 2.49. The molecule has 0 fully saturated rings. The highest BCUT2D eigenvalue weighted by molar-refractivity contribution is 5.86. The van der Waals surface area contributed by atoms with Crippen LogP contribution in [0.15, 0.2) is 24.3 Å². The molecule has 1 aliphatic carbocycles. The van der Waals surface area contributed by atoms with Crippen LogP contribution >= 0.6 is 0 Å². The van der Waals surface area contributed by atoms with E-state index in [1.165, 1.54) is 11.1 Å². The van der Waals surface area contributed by atoms with Crippen molar-refractivity contribution in [1.82, 2.24) is 10.2 Å². The van der Waals surface area contributed by atoms with Crippen LogP contribution in [0.2, 0.25) is 0 Å². The maximum atomic E-state index is 12.0. The number of nitrogens with zero attached hydrogens (tertiary/aromatic N) is 1. The predicted octanol–water partition coefficient (Wildman–Crippen LogP) is 1.78. The Kier molecular flexibility index (Phi) is 4.37. The second-order valence-corrected chi connectivity index (χ2v) is 4.77. The van der Waals surface area contributed by atoms with Crippen molar-refractivity contribution in [3.63, 3.8) is 0 Å². The summed E-state index contributed by atoms with van der Waals surface area (Å²) in [5, 5.41) is 3.04. The quantitative estimate of drug-likeness (QED) is 0.830. The Morgan fingerprint density at radius 1 is 1.33 bits per heavy atom. The van der Waals surface area contributed by atoms with Gasteiger partial charge in [0.2, 0.25) is 5.91 Å². The van der Waals surface area contributed by atoms with Crippen LogP contribution in [0.5, 0.6) is 0 Å². The lowest BCUT2D eigenvalue weighted by molar-refractivity contribution is -0.123. The van der Waals surface area contributed by atoms with Gasteiger partial charge in [-0.3, -0.25) is 4.79 Å². The molecule has 0 bridgehead atoms. The Bertz CT molecular complexity index is 413. The first-order chi connectivity index (χ1) is 8.76. The Morgan fingerprint density at radius 2 is 2.06 bits per heavy atom. The van der Waals surface area contributed by atoms with Crippen molar-refractivity contribution >= 4 is 5.91 Å². The van der Waals surface area contributed by atoms with Gasteiger partial charge in [-0.05, 0) is 30.6 Å². The van der Waals surface area contributed by atoms with Gasteiger partial charge in [-0.2, -0.15) is 0 Å². The van der Waals surface area contributed by atoms with Crippen molar-refractivity contribution in [2.24, 2.45) is 0 Å². The first-order valence-electron chi connectivity index (χ1n) is 6.84. The molecule has 0 saturated carbocycles. The van der Waals surface area contributed by atoms with E-state index in [2.05, 4.69) is 36.2 Å². The maximum Gasteiger partial charge on any atom is 0.227 e. The minimum atomic E-state index is 0.0814. The smallest absolute Gasteiger partial charge is 0.227 e. The maximum absolute atomic E-state index is 12.0. The van der Waals surface area contributed by atoms with E-state index in [-0.39, 0.29) is 11.8 Å². The van der Waals surface area contributed by atoms with Crippen LogP contribution in [0.25, 0.3) is 0 Å². The zero-order valence-electron chi connectivity index (χ0n) is 11.3. The molecule has 0 heterocycles. The highest BCUT2D eigenvalue weighted by atomic mass is 16.1. The van der Waals surface area contributed by atoms with E-state index >= 15 is 0 Å². The lowest BCUT2D eigenvalue weighted by Gasteiger charge is -2.29. The Morgan fingerprint density at radius 3 is 2.72 bits per heavy atom. The van der Waals surface area contributed by atoms with Crippen LogP contribution in [0, 0.1) is 0 Å². The summed E-state index contributed by atoms with van der Waals surface area (Å²) in [6, 6.07) is 8.21. The van der Waals surface area contributed by atoms with E-state index in [1.807, 2.05) is 12.1 Å². The molecule has 1 atom stereocenters. The van der Waals surface area contributed by atoms with Gasteiger partial charge in [-0.25, -0.2) is 0 Å². The summed E-state index contributed by atoms with van der Waals surface area (Å²) in [7, 11) is 0. The summed E-state index contributed by atoms with van der Waals surface area (Å²) in [6.07, 6.45) is 0.896. The van der Waals surface area contributed by atoms with Gasteiger partial charge in [0.1, 0.15) is 0 Å². The molecular formula is C15H22N2O. The van der Waals surface area contributed by atoms with Gasteiger partial charge in [-0.15, -0.1) is 0 Å². The standard InChI is InChI=1S/C15H22N2O/c1-3-17(4-2)10-9-16-15(18)14-11-12-7-5-6-8-13(12)14/h5-8,14H,3-4,9-11H2,1-2H3,(H,16,18)/t14-/m1/s1. The second kappa shape index (κ2) is 6.01. The second-order valence-electron chi connectivity index (χ2n) is 4.77. The van der Waals surface area contributed by atoms with Crippen LogP contribution in [-0.4, -0.2) is 37.0 Å². The van der Waals surface area contributed by atoms with E-state index in [4.69, 9.17) is 0 Å². The van der Waals surface area contributed by atoms with Crippen LogP contribution in [0.1, 0.15) is 30.9 Å². The number of benzene rings is 1. The zero-order chi connectivity index (χ0) is 13.0. The third kappa shape index (κ3) is 2.72. The monoisotopic (exact) mass is 246 g/mol. The van der Waals surface area contributed by atoms with Crippen molar-refractivity contribution in [3.8, 4) is 0 Å². The molecule has 0 unspecified atom stereocenters. The van der Waals surface area contributed by atoms with Crippen LogP contribution in [0.4, 0.5) is 0 Å². The SMILES string of the molecule is CCN(CC)CCNC(=O)[C@@H]1Cc2ccccc21. The average Bonchev–Trinajstić information content (AvgIpc) is 2.36. The van der Waals surface area contributed by atoms with E-state index in [1.54, 1.807) is 0 Å². The largest absolute Gasteiger partial charge is 0.354 e. The Balaban J connectivity index is 1.77. The number of carbonyl (C=O) groups is 1. The molecule has 1 amide bonds. The molecule has 0 saturated heterocycles. The fourth-order valence-electron chi connectivity index (χ4n) is 2.49. The molecule has 0 aliphatic heterocycles. The van der Waals surface area contributed by atoms with Gasteiger partial charge in [0.25, 0.3) is 0 Å². The minimum Gasteiger partial charge on any atom is -0.354 e. The summed E-state index contributed by atoms with van der Waals surface area (Å²) >= 11 is 0. The molecule has 2 rings (SSSR count). The lowest BCUT2D eigenvalue weighted by Crippen LogP contribution is -2.39. The van der Waals surface area contributed by atoms with Crippen molar-refractivity contribution in [3.05, 3.63) is 35.4 Å². The molecule has 3 nitrogen and oxygen atoms in total. The summed E-state index contributed by atoms with van der Waals surface area (Å²) in [5.74, 6) is 0.263. The molecule has 0 spiro atoms. The minimum absolute atomic E-state index is 0.0814. The van der Waals surface area contributed by atoms with Gasteiger partial charge in [0.15, 0.2) is 0 Å². The predicted molar refractivity (Wildman–Crippen MR) is 73.7 cm³/mol. The summed E-state index contributed by atoms with van der Waals surface area (Å²) in [5.41, 5.74) is 2.53. The number of amides is 1. The van der Waals surface area contributed by atoms with Crippen LogP contribution in [0.3, 0.4) is 0 Å². The Hall–Kier alpha value is -1.35. The third-order valence-electron chi connectivity index (χ3n) is 3.79. The molecule has 18 heavy (non-hydrogen) atoms. The number of hydrogen-bond acceptors (Lipinski definition) is 2. The molecule has 1 N–H and O–H groups in total. The van der Waals surface area contributed by atoms with Crippen molar-refractivity contribution < 1.29 is 4.79 Å². The van der Waals surface area contributed by atoms with Crippen molar-refractivity contribution in [2.45, 2.75) is 26.2 Å². The normalized spacial score (nSPS) is 17.2. The summed E-state index contributed by atoms with van der Waals surface area (Å²) in [6.45, 7) is 8.06. The highest BCUT2D eigenvalue weighted by Crippen LogP contribution is 2.34. The number of rotatable bonds is 6. The molecular weight excluding hydrogens is 224 g/mol. The number of likely N-dealkylation sites (N-methyl/N-ethyl adjacent to an activating group) is 1. The molecule has 98 valence electrons. The van der Waals surface area contributed by atoms with Crippen LogP contribution in [-0.2, 0) is 11.2 Å².